The Bertz CT molecular complexity index is 1120. The van der Waals surface area contributed by atoms with E-state index in [1.54, 1.807) is 14.2 Å². The number of thiocarbonyl (C=S) groups is 1. The fourth-order valence-corrected chi connectivity index (χ4v) is 6.90. The van der Waals surface area contributed by atoms with Crippen LogP contribution in [0, 0.1) is 11.8 Å². The summed E-state index contributed by atoms with van der Waals surface area (Å²) in [4.78, 5) is 15.9. The van der Waals surface area contributed by atoms with Crippen LogP contribution in [0.1, 0.15) is 43.4 Å². The zero-order valence-corrected chi connectivity index (χ0v) is 21.2. The molecule has 3 fully saturated rings. The first kappa shape index (κ1) is 23.5. The van der Waals surface area contributed by atoms with Crippen molar-refractivity contribution in [3.05, 3.63) is 40.5 Å². The van der Waals surface area contributed by atoms with Crippen molar-refractivity contribution < 1.29 is 18.7 Å². The number of furan rings is 1. The quantitative estimate of drug-likeness (QED) is 0.394. The number of ether oxygens (including phenoxy) is 2. The minimum atomic E-state index is 0.0123. The number of benzene rings is 1. The number of carbonyl (C=O) groups excluding carboxylic acids is 1. The van der Waals surface area contributed by atoms with Crippen molar-refractivity contribution in [1.82, 2.24) is 4.90 Å². The number of thioether (sulfide) groups is 1. The molecule has 6 nitrogen and oxygen atoms in total. The van der Waals surface area contributed by atoms with Gasteiger partial charge in [0, 0.05) is 23.7 Å². The molecular weight excluding hydrogens is 468 g/mol. The fourth-order valence-electron chi connectivity index (χ4n) is 5.56. The topological polar surface area (TPSA) is 77.9 Å². The lowest BCUT2D eigenvalue weighted by atomic mass is 9.94. The van der Waals surface area contributed by atoms with E-state index < -0.39 is 0 Å². The third-order valence-electron chi connectivity index (χ3n) is 7.25. The maximum absolute atomic E-state index is 13.4. The van der Waals surface area contributed by atoms with Crippen LogP contribution in [0.2, 0.25) is 0 Å². The van der Waals surface area contributed by atoms with E-state index in [9.17, 15) is 4.79 Å². The van der Waals surface area contributed by atoms with Crippen LogP contribution in [0.25, 0.3) is 17.4 Å². The molecule has 2 heterocycles. The first-order valence-corrected chi connectivity index (χ1v) is 13.1. The Balaban J connectivity index is 1.47. The fraction of sp³-hybridized carbons (Fsp3) is 0.462. The van der Waals surface area contributed by atoms with E-state index in [-0.39, 0.29) is 11.9 Å². The predicted molar refractivity (Wildman–Crippen MR) is 139 cm³/mol. The number of hydrogen-bond acceptors (Lipinski definition) is 7. The molecule has 3 atom stereocenters. The van der Waals surface area contributed by atoms with Gasteiger partial charge in [0.25, 0.3) is 5.91 Å². The molecule has 1 aliphatic heterocycles. The highest BCUT2D eigenvalue weighted by molar-refractivity contribution is 8.26. The van der Waals surface area contributed by atoms with Gasteiger partial charge in [0.15, 0.2) is 0 Å². The minimum Gasteiger partial charge on any atom is -0.497 e. The summed E-state index contributed by atoms with van der Waals surface area (Å²) in [5.74, 6) is 4.09. The number of amides is 1. The molecule has 180 valence electrons. The zero-order valence-electron chi connectivity index (χ0n) is 19.5. The van der Waals surface area contributed by atoms with Crippen LogP contribution >= 0.6 is 24.0 Å². The molecule has 8 heteroatoms. The van der Waals surface area contributed by atoms with Crippen LogP contribution in [0.15, 0.2) is 33.6 Å². The van der Waals surface area contributed by atoms with Gasteiger partial charge in [0.1, 0.15) is 27.3 Å². The van der Waals surface area contributed by atoms with E-state index in [4.69, 9.17) is 31.8 Å². The number of hydrogen-bond donors (Lipinski definition) is 1. The van der Waals surface area contributed by atoms with Gasteiger partial charge in [-0.3, -0.25) is 9.69 Å². The van der Waals surface area contributed by atoms with Crippen molar-refractivity contribution in [2.24, 2.45) is 17.6 Å². The molecule has 1 aromatic heterocycles. The van der Waals surface area contributed by atoms with Gasteiger partial charge in [-0.25, -0.2) is 0 Å². The lowest BCUT2D eigenvalue weighted by Crippen LogP contribution is -2.41. The lowest BCUT2D eigenvalue weighted by molar-refractivity contribution is -0.124. The molecule has 2 N–H and O–H groups in total. The molecule has 1 saturated heterocycles. The second-order valence-electron chi connectivity index (χ2n) is 9.29. The summed E-state index contributed by atoms with van der Waals surface area (Å²) in [5.41, 5.74) is 7.65. The van der Waals surface area contributed by atoms with E-state index in [0.29, 0.717) is 44.7 Å². The smallest absolute Gasteiger partial charge is 0.266 e. The van der Waals surface area contributed by atoms with Gasteiger partial charge in [-0.05, 0) is 74.2 Å². The first-order chi connectivity index (χ1) is 16.5. The summed E-state index contributed by atoms with van der Waals surface area (Å²) in [6, 6.07) is 7.92. The molecule has 0 spiro atoms. The number of methoxy groups -OCH3 is 2. The van der Waals surface area contributed by atoms with Gasteiger partial charge in [-0.2, -0.15) is 0 Å². The van der Waals surface area contributed by atoms with Gasteiger partial charge in [-0.15, -0.1) is 0 Å². The van der Waals surface area contributed by atoms with Crippen LogP contribution in [-0.4, -0.2) is 41.9 Å². The number of rotatable bonds is 8. The van der Waals surface area contributed by atoms with Gasteiger partial charge in [0.2, 0.25) is 0 Å². The number of nitrogens with zero attached hydrogens (tertiary/aromatic N) is 1. The Hall–Kier alpha value is -2.29. The Morgan fingerprint density at radius 1 is 1.18 bits per heavy atom. The zero-order chi connectivity index (χ0) is 23.8. The maximum atomic E-state index is 13.4. The van der Waals surface area contributed by atoms with E-state index in [1.807, 2.05) is 35.2 Å². The Kier molecular flexibility index (Phi) is 6.73. The summed E-state index contributed by atoms with van der Waals surface area (Å²) < 4.78 is 17.8. The maximum Gasteiger partial charge on any atom is 0.266 e. The largest absolute Gasteiger partial charge is 0.497 e. The van der Waals surface area contributed by atoms with Crippen molar-refractivity contribution in [2.45, 2.75) is 44.6 Å². The van der Waals surface area contributed by atoms with E-state index in [2.05, 4.69) is 0 Å². The molecule has 2 saturated carbocycles. The van der Waals surface area contributed by atoms with Gasteiger partial charge < -0.3 is 19.6 Å². The van der Waals surface area contributed by atoms with Gasteiger partial charge in [-0.1, -0.05) is 30.4 Å². The number of fused-ring (bicyclic) bond motifs is 2. The molecule has 1 amide bonds. The minimum absolute atomic E-state index is 0.0123. The Morgan fingerprint density at radius 2 is 1.94 bits per heavy atom. The normalized spacial score (nSPS) is 25.1. The standard InChI is InChI=1S/C26H30N2O4S2/c1-30-19-10-18(11-20(13-19)31-2)22-12-17(4-3-7-27)23(32-22)14-24-25(29)28(26(33)34-24)21-9-15-5-6-16(21)8-15/h10-16,21H,3-9,27H2,1-2H3/b24-14-. The molecule has 5 rings (SSSR count). The van der Waals surface area contributed by atoms with Gasteiger partial charge in [0.05, 0.1) is 19.1 Å². The van der Waals surface area contributed by atoms with Crippen LogP contribution < -0.4 is 15.2 Å². The van der Waals surface area contributed by atoms with Crippen LogP contribution in [0.4, 0.5) is 0 Å². The van der Waals surface area contributed by atoms with Crippen molar-refractivity contribution in [3.63, 3.8) is 0 Å². The molecule has 2 bridgehead atoms. The highest BCUT2D eigenvalue weighted by Gasteiger charge is 2.48. The van der Waals surface area contributed by atoms with Crippen LogP contribution in [-0.2, 0) is 11.2 Å². The third kappa shape index (κ3) is 4.39. The Morgan fingerprint density at radius 3 is 2.56 bits per heavy atom. The monoisotopic (exact) mass is 498 g/mol. The van der Waals surface area contributed by atoms with Crippen molar-refractivity contribution in [2.75, 3.05) is 20.8 Å². The number of aryl methyl sites for hydroxylation is 1. The first-order valence-electron chi connectivity index (χ1n) is 11.8. The van der Waals surface area contributed by atoms with Crippen LogP contribution in [0.3, 0.4) is 0 Å². The summed E-state index contributed by atoms with van der Waals surface area (Å²) in [6.07, 6.45) is 8.26. The number of carbonyl (C=O) groups is 1. The average molecular weight is 499 g/mol. The van der Waals surface area contributed by atoms with E-state index in [1.165, 1.54) is 31.0 Å². The highest BCUT2D eigenvalue weighted by atomic mass is 32.2. The lowest BCUT2D eigenvalue weighted by Gasteiger charge is -2.30. The molecule has 34 heavy (non-hydrogen) atoms. The molecular formula is C26H30N2O4S2. The van der Waals surface area contributed by atoms with Crippen LogP contribution in [0.5, 0.6) is 11.5 Å². The summed E-state index contributed by atoms with van der Waals surface area (Å²) in [5, 5.41) is 0. The van der Waals surface area contributed by atoms with Crippen molar-refractivity contribution >= 4 is 40.3 Å². The molecule has 0 radical (unpaired) electrons. The summed E-state index contributed by atoms with van der Waals surface area (Å²) in [7, 11) is 3.24. The molecule has 3 aliphatic rings. The van der Waals surface area contributed by atoms with Crippen molar-refractivity contribution in [1.29, 1.82) is 0 Å². The second-order valence-corrected chi connectivity index (χ2v) is 11.0. The average Bonchev–Trinajstić information content (AvgIpc) is 3.62. The summed E-state index contributed by atoms with van der Waals surface area (Å²) >= 11 is 7.04. The number of nitrogens with two attached hydrogens (primary N) is 1. The SMILES string of the molecule is COc1cc(OC)cc(-c2cc(CCCN)c(/C=C3\SC(=S)N(C4CC5CCC4C5)C3=O)o2)c1. The van der Waals surface area contributed by atoms with E-state index in [0.717, 1.165) is 36.3 Å². The van der Waals surface area contributed by atoms with Crippen molar-refractivity contribution in [3.8, 4) is 22.8 Å². The second kappa shape index (κ2) is 9.76. The molecule has 2 aromatic rings. The Labute approximate surface area is 209 Å². The molecule has 2 aliphatic carbocycles. The van der Waals surface area contributed by atoms with E-state index >= 15 is 0 Å². The highest BCUT2D eigenvalue weighted by Crippen LogP contribution is 2.49. The summed E-state index contributed by atoms with van der Waals surface area (Å²) in [6.45, 7) is 0.583. The molecule has 3 unspecified atom stereocenters. The predicted octanol–water partition coefficient (Wildman–Crippen LogP) is 5.24. The van der Waals surface area contributed by atoms with Gasteiger partial charge >= 0.3 is 0 Å². The third-order valence-corrected chi connectivity index (χ3v) is 8.58. The molecule has 1 aromatic carbocycles.